The fourth-order valence-corrected chi connectivity index (χ4v) is 4.11. The maximum Gasteiger partial charge on any atom is 0.243 e. The molecule has 178 valence electrons. The average molecular weight is 477 g/mol. The summed E-state index contributed by atoms with van der Waals surface area (Å²) in [5.41, 5.74) is 4.21. The van der Waals surface area contributed by atoms with Gasteiger partial charge in [0.15, 0.2) is 0 Å². The highest BCUT2D eigenvalue weighted by Crippen LogP contribution is 2.19. The number of carbonyl (C=O) groups is 2. The Morgan fingerprint density at radius 3 is 2.29 bits per heavy atom. The first-order chi connectivity index (χ1) is 16.5. The van der Waals surface area contributed by atoms with Gasteiger partial charge in [0.1, 0.15) is 6.04 Å². The number of hydrogen-bond donors (Lipinski definition) is 1. The van der Waals surface area contributed by atoms with Crippen molar-refractivity contribution in [2.45, 2.75) is 52.1 Å². The molecule has 0 unspecified atom stereocenters. The molecule has 1 atom stereocenters. The second-order valence-corrected chi connectivity index (χ2v) is 9.07. The van der Waals surface area contributed by atoms with Crippen LogP contribution in [0.25, 0.3) is 0 Å². The van der Waals surface area contributed by atoms with Crippen LogP contribution >= 0.6 is 11.6 Å². The van der Waals surface area contributed by atoms with Crippen molar-refractivity contribution in [3.63, 3.8) is 0 Å². The molecule has 4 nitrogen and oxygen atoms in total. The predicted octanol–water partition coefficient (Wildman–Crippen LogP) is 5.75. The Morgan fingerprint density at radius 2 is 1.62 bits per heavy atom. The molecule has 34 heavy (non-hydrogen) atoms. The number of nitrogens with one attached hydrogen (secondary N) is 1. The molecule has 0 aliphatic rings. The van der Waals surface area contributed by atoms with E-state index >= 15 is 0 Å². The summed E-state index contributed by atoms with van der Waals surface area (Å²) < 4.78 is 0. The van der Waals surface area contributed by atoms with Gasteiger partial charge < -0.3 is 10.2 Å². The van der Waals surface area contributed by atoms with Crippen LogP contribution in [0.15, 0.2) is 78.9 Å². The summed E-state index contributed by atoms with van der Waals surface area (Å²) in [5.74, 6) is -0.176. The van der Waals surface area contributed by atoms with E-state index in [2.05, 4.69) is 29.6 Å². The van der Waals surface area contributed by atoms with Crippen LogP contribution in [0.4, 0.5) is 0 Å². The topological polar surface area (TPSA) is 49.4 Å². The van der Waals surface area contributed by atoms with Crippen LogP contribution in [0.3, 0.4) is 0 Å². The molecule has 1 N–H and O–H groups in total. The second kappa shape index (κ2) is 13.0. The maximum absolute atomic E-state index is 13.6. The summed E-state index contributed by atoms with van der Waals surface area (Å²) in [4.78, 5) is 28.6. The molecule has 0 fully saturated rings. The van der Waals surface area contributed by atoms with E-state index in [4.69, 9.17) is 11.6 Å². The van der Waals surface area contributed by atoms with E-state index < -0.39 is 6.04 Å². The molecule has 0 radical (unpaired) electrons. The van der Waals surface area contributed by atoms with E-state index in [0.29, 0.717) is 37.4 Å². The molecule has 0 saturated heterocycles. The molecule has 0 saturated carbocycles. The quantitative estimate of drug-likeness (QED) is 0.383. The molecule has 0 aromatic heterocycles. The fraction of sp³-hybridized carbons (Fsp3) is 0.310. The second-order valence-electron chi connectivity index (χ2n) is 8.63. The number of amides is 2. The highest BCUT2D eigenvalue weighted by atomic mass is 35.5. The molecule has 2 amide bonds. The number of aryl methyl sites for hydroxylation is 2. The Labute approximate surface area is 207 Å². The molecule has 0 aliphatic carbocycles. The summed E-state index contributed by atoms with van der Waals surface area (Å²) in [5, 5.41) is 3.62. The third-order valence-electron chi connectivity index (χ3n) is 5.81. The van der Waals surface area contributed by atoms with E-state index in [1.54, 1.807) is 4.90 Å². The lowest BCUT2D eigenvalue weighted by molar-refractivity contribution is -0.141. The number of halogens is 1. The van der Waals surface area contributed by atoms with Crippen LogP contribution in [0, 0.1) is 6.92 Å². The molecular weight excluding hydrogens is 444 g/mol. The third kappa shape index (κ3) is 7.74. The van der Waals surface area contributed by atoms with Crippen molar-refractivity contribution in [1.29, 1.82) is 0 Å². The van der Waals surface area contributed by atoms with Crippen molar-refractivity contribution in [2.75, 3.05) is 6.54 Å². The Morgan fingerprint density at radius 1 is 0.912 bits per heavy atom. The van der Waals surface area contributed by atoms with Gasteiger partial charge >= 0.3 is 0 Å². The summed E-state index contributed by atoms with van der Waals surface area (Å²) in [6.07, 6.45) is 2.24. The lowest BCUT2D eigenvalue weighted by Crippen LogP contribution is -2.50. The van der Waals surface area contributed by atoms with Gasteiger partial charge in [0.05, 0.1) is 0 Å². The lowest BCUT2D eigenvalue weighted by Gasteiger charge is -2.31. The van der Waals surface area contributed by atoms with E-state index in [1.807, 2.05) is 68.4 Å². The van der Waals surface area contributed by atoms with Gasteiger partial charge in [-0.3, -0.25) is 9.59 Å². The first-order valence-electron chi connectivity index (χ1n) is 11.9. The van der Waals surface area contributed by atoms with Crippen LogP contribution in [-0.2, 0) is 29.0 Å². The Hall–Kier alpha value is -3.11. The van der Waals surface area contributed by atoms with Gasteiger partial charge in [0.25, 0.3) is 0 Å². The minimum absolute atomic E-state index is 0.0480. The molecule has 0 heterocycles. The van der Waals surface area contributed by atoms with Crippen molar-refractivity contribution < 1.29 is 9.59 Å². The number of benzene rings is 3. The van der Waals surface area contributed by atoms with Crippen molar-refractivity contribution >= 4 is 23.4 Å². The predicted molar refractivity (Wildman–Crippen MR) is 139 cm³/mol. The largest absolute Gasteiger partial charge is 0.354 e. The zero-order chi connectivity index (χ0) is 24.3. The van der Waals surface area contributed by atoms with Crippen LogP contribution in [0.2, 0.25) is 5.02 Å². The number of rotatable bonds is 11. The highest BCUT2D eigenvalue weighted by molar-refractivity contribution is 6.30. The van der Waals surface area contributed by atoms with Crippen LogP contribution in [-0.4, -0.2) is 29.3 Å². The Balaban J connectivity index is 1.88. The zero-order valence-corrected chi connectivity index (χ0v) is 20.7. The van der Waals surface area contributed by atoms with Crippen LogP contribution in [0.5, 0.6) is 0 Å². The molecular formula is C29H33ClN2O2. The molecule has 3 aromatic rings. The summed E-state index contributed by atoms with van der Waals surface area (Å²) in [6, 6.07) is 24.9. The highest BCUT2D eigenvalue weighted by Gasteiger charge is 2.30. The molecule has 0 bridgehead atoms. The molecule has 0 spiro atoms. The standard InChI is InChI=1S/C29H33ClN2O2/c1-3-18-31-29(34)27(20-24-8-5-4-6-9-24)32(21-25-10-7-11-26(30)19-25)28(33)17-16-23-14-12-22(2)13-15-23/h4-15,19,27H,3,16-18,20-21H2,1-2H3,(H,31,34)/t27-/m1/s1. The van der Waals surface area contributed by atoms with Crippen LogP contribution < -0.4 is 5.32 Å². The van der Waals surface area contributed by atoms with Gasteiger partial charge in [-0.2, -0.15) is 0 Å². The van der Waals surface area contributed by atoms with Gasteiger partial charge in [-0.25, -0.2) is 0 Å². The van der Waals surface area contributed by atoms with Gasteiger partial charge in [-0.1, -0.05) is 90.8 Å². The van der Waals surface area contributed by atoms with Crippen molar-refractivity contribution in [1.82, 2.24) is 10.2 Å². The first kappa shape index (κ1) is 25.5. The minimum atomic E-state index is -0.613. The van der Waals surface area contributed by atoms with E-state index in [-0.39, 0.29) is 11.8 Å². The Bertz CT molecular complexity index is 1070. The van der Waals surface area contributed by atoms with Gasteiger partial charge in [-0.15, -0.1) is 0 Å². The van der Waals surface area contributed by atoms with E-state index in [1.165, 1.54) is 5.56 Å². The summed E-state index contributed by atoms with van der Waals surface area (Å²) in [6.45, 7) is 4.96. The van der Waals surface area contributed by atoms with Crippen LogP contribution in [0.1, 0.15) is 42.0 Å². The lowest BCUT2D eigenvalue weighted by atomic mass is 10.0. The molecule has 5 heteroatoms. The first-order valence-corrected chi connectivity index (χ1v) is 12.2. The van der Waals surface area contributed by atoms with Crippen molar-refractivity contribution in [2.24, 2.45) is 0 Å². The third-order valence-corrected chi connectivity index (χ3v) is 6.05. The fourth-order valence-electron chi connectivity index (χ4n) is 3.90. The zero-order valence-electron chi connectivity index (χ0n) is 20.0. The molecule has 0 aliphatic heterocycles. The minimum Gasteiger partial charge on any atom is -0.354 e. The summed E-state index contributed by atoms with van der Waals surface area (Å²) in [7, 11) is 0. The average Bonchev–Trinajstić information content (AvgIpc) is 2.85. The normalized spacial score (nSPS) is 11.6. The smallest absolute Gasteiger partial charge is 0.243 e. The SMILES string of the molecule is CCCNC(=O)[C@@H](Cc1ccccc1)N(Cc1cccc(Cl)c1)C(=O)CCc1ccc(C)cc1. The Kier molecular flexibility index (Phi) is 9.72. The molecule has 3 aromatic carbocycles. The number of hydrogen-bond acceptors (Lipinski definition) is 2. The van der Waals surface area contributed by atoms with Crippen molar-refractivity contribution in [3.8, 4) is 0 Å². The van der Waals surface area contributed by atoms with E-state index in [0.717, 1.165) is 23.1 Å². The summed E-state index contributed by atoms with van der Waals surface area (Å²) >= 11 is 6.22. The number of nitrogens with zero attached hydrogens (tertiary/aromatic N) is 1. The monoisotopic (exact) mass is 476 g/mol. The number of carbonyl (C=O) groups excluding carboxylic acids is 2. The molecule has 3 rings (SSSR count). The van der Waals surface area contributed by atoms with Gasteiger partial charge in [-0.05, 0) is 48.6 Å². The van der Waals surface area contributed by atoms with E-state index in [9.17, 15) is 9.59 Å². The van der Waals surface area contributed by atoms with Crippen molar-refractivity contribution in [3.05, 3.63) is 106 Å². The van der Waals surface area contributed by atoms with Gasteiger partial charge in [0, 0.05) is 31.0 Å². The van der Waals surface area contributed by atoms with Gasteiger partial charge in [0.2, 0.25) is 11.8 Å². The maximum atomic E-state index is 13.6.